The van der Waals surface area contributed by atoms with Crippen LogP contribution in [-0.2, 0) is 9.53 Å². The van der Waals surface area contributed by atoms with Crippen LogP contribution in [-0.4, -0.2) is 42.4 Å². The number of aliphatic hydroxyl groups is 1. The lowest BCUT2D eigenvalue weighted by Gasteiger charge is -2.33. The fraction of sp³-hybridized carbons (Fsp3) is 0.923. The van der Waals surface area contributed by atoms with E-state index in [-0.39, 0.29) is 12.5 Å². The van der Waals surface area contributed by atoms with Gasteiger partial charge in [0.15, 0.2) is 0 Å². The topological polar surface area (TPSA) is 84.6 Å². The van der Waals surface area contributed by atoms with Gasteiger partial charge in [-0.2, -0.15) is 0 Å². The van der Waals surface area contributed by atoms with Crippen molar-refractivity contribution in [1.29, 1.82) is 0 Å². The number of ether oxygens (including phenoxy) is 1. The molecule has 1 amide bonds. The summed E-state index contributed by atoms with van der Waals surface area (Å²) in [5.41, 5.74) is 4.43. The zero-order chi connectivity index (χ0) is 13.6. The molecule has 0 aromatic heterocycles. The van der Waals surface area contributed by atoms with Gasteiger partial charge in [0.05, 0.1) is 11.1 Å². The number of methoxy groups -OCH3 is 1. The van der Waals surface area contributed by atoms with E-state index in [0.29, 0.717) is 13.0 Å². The van der Waals surface area contributed by atoms with Crippen LogP contribution in [0.3, 0.4) is 0 Å². The molecule has 1 aliphatic rings. The summed E-state index contributed by atoms with van der Waals surface area (Å²) in [6.45, 7) is 2.38. The highest BCUT2D eigenvalue weighted by Gasteiger charge is 2.36. The minimum absolute atomic E-state index is 0.139. The Hall–Kier alpha value is -0.650. The molecule has 0 saturated heterocycles. The zero-order valence-electron chi connectivity index (χ0n) is 11.5. The Bertz CT molecular complexity index is 273. The molecule has 5 heteroatoms. The van der Waals surface area contributed by atoms with Crippen LogP contribution in [0.25, 0.3) is 0 Å². The molecule has 1 atom stereocenters. The monoisotopic (exact) mass is 258 g/mol. The van der Waals surface area contributed by atoms with E-state index in [1.165, 1.54) is 0 Å². The maximum Gasteiger partial charge on any atom is 0.240 e. The van der Waals surface area contributed by atoms with Gasteiger partial charge in [0.1, 0.15) is 0 Å². The van der Waals surface area contributed by atoms with Crippen LogP contribution in [0, 0.1) is 0 Å². The van der Waals surface area contributed by atoms with Gasteiger partial charge in [-0.3, -0.25) is 4.79 Å². The van der Waals surface area contributed by atoms with Crippen LogP contribution in [0.1, 0.15) is 45.4 Å². The van der Waals surface area contributed by atoms with Gasteiger partial charge in [-0.25, -0.2) is 0 Å². The van der Waals surface area contributed by atoms with Crippen LogP contribution in [0.2, 0.25) is 0 Å². The first-order valence-electron chi connectivity index (χ1n) is 6.68. The van der Waals surface area contributed by atoms with E-state index in [2.05, 4.69) is 5.32 Å². The number of hydrogen-bond acceptors (Lipinski definition) is 4. The van der Waals surface area contributed by atoms with Crippen molar-refractivity contribution in [3.8, 4) is 0 Å². The molecule has 0 spiro atoms. The molecule has 1 saturated carbocycles. The number of nitrogens with two attached hydrogens (primary N) is 1. The first-order valence-corrected chi connectivity index (χ1v) is 6.68. The number of amides is 1. The summed E-state index contributed by atoms with van der Waals surface area (Å²) in [6.07, 6.45) is 5.12. The molecule has 0 aliphatic heterocycles. The average Bonchev–Trinajstić information content (AvgIpc) is 2.34. The summed E-state index contributed by atoms with van der Waals surface area (Å²) in [4.78, 5) is 12.1. The smallest absolute Gasteiger partial charge is 0.240 e. The van der Waals surface area contributed by atoms with Crippen molar-refractivity contribution in [3.05, 3.63) is 0 Å². The third kappa shape index (κ3) is 4.55. The molecule has 0 aromatic rings. The fourth-order valence-corrected chi connectivity index (χ4v) is 2.27. The quantitative estimate of drug-likeness (QED) is 0.649. The Balaban J connectivity index is 2.40. The van der Waals surface area contributed by atoms with Gasteiger partial charge in [-0.05, 0) is 19.8 Å². The Kier molecular flexibility index (Phi) is 5.56. The minimum atomic E-state index is -0.948. The van der Waals surface area contributed by atoms with Gasteiger partial charge in [-0.1, -0.05) is 19.3 Å². The van der Waals surface area contributed by atoms with E-state index in [9.17, 15) is 9.90 Å². The summed E-state index contributed by atoms with van der Waals surface area (Å²) < 4.78 is 4.92. The second kappa shape index (κ2) is 6.50. The van der Waals surface area contributed by atoms with E-state index in [4.69, 9.17) is 10.5 Å². The molecule has 1 rings (SSSR count). The predicted molar refractivity (Wildman–Crippen MR) is 70.1 cm³/mol. The van der Waals surface area contributed by atoms with Crippen LogP contribution >= 0.6 is 0 Å². The van der Waals surface area contributed by atoms with Crippen molar-refractivity contribution in [2.75, 3.05) is 20.3 Å². The molecule has 0 radical (unpaired) electrons. The van der Waals surface area contributed by atoms with Crippen molar-refractivity contribution in [3.63, 3.8) is 0 Å². The lowest BCUT2D eigenvalue weighted by molar-refractivity contribution is -0.128. The second-order valence-corrected chi connectivity index (χ2v) is 5.64. The van der Waals surface area contributed by atoms with Crippen molar-refractivity contribution in [2.24, 2.45) is 5.73 Å². The Labute approximate surface area is 109 Å². The van der Waals surface area contributed by atoms with E-state index in [1.54, 1.807) is 14.0 Å². The third-order valence-electron chi connectivity index (χ3n) is 3.67. The Morgan fingerprint density at radius 1 is 1.44 bits per heavy atom. The summed E-state index contributed by atoms with van der Waals surface area (Å²) in [5, 5.41) is 12.8. The molecule has 0 heterocycles. The number of carbonyl (C=O) groups excluding carboxylic acids is 1. The molecule has 0 bridgehead atoms. The highest BCUT2D eigenvalue weighted by molar-refractivity contribution is 5.86. The summed E-state index contributed by atoms with van der Waals surface area (Å²) >= 11 is 0. The van der Waals surface area contributed by atoms with E-state index in [1.807, 2.05) is 0 Å². The van der Waals surface area contributed by atoms with Gasteiger partial charge in [0.2, 0.25) is 5.91 Å². The minimum Gasteiger partial charge on any atom is -0.388 e. The van der Waals surface area contributed by atoms with E-state index in [0.717, 1.165) is 32.1 Å². The second-order valence-electron chi connectivity index (χ2n) is 5.64. The molecule has 18 heavy (non-hydrogen) atoms. The molecular weight excluding hydrogens is 232 g/mol. The Morgan fingerprint density at radius 2 is 2.06 bits per heavy atom. The van der Waals surface area contributed by atoms with Crippen molar-refractivity contribution >= 4 is 5.91 Å². The van der Waals surface area contributed by atoms with Crippen molar-refractivity contribution < 1.29 is 14.6 Å². The van der Waals surface area contributed by atoms with Crippen molar-refractivity contribution in [2.45, 2.75) is 56.6 Å². The maximum absolute atomic E-state index is 12.1. The molecule has 1 aliphatic carbocycles. The summed E-state index contributed by atoms with van der Waals surface area (Å²) in [6, 6.07) is 0. The number of rotatable bonds is 6. The molecule has 106 valence electrons. The largest absolute Gasteiger partial charge is 0.388 e. The van der Waals surface area contributed by atoms with Crippen LogP contribution in [0.15, 0.2) is 0 Å². The average molecular weight is 258 g/mol. The third-order valence-corrected chi connectivity index (χ3v) is 3.67. The normalized spacial score (nSPS) is 22.2. The highest BCUT2D eigenvalue weighted by atomic mass is 16.5. The fourth-order valence-electron chi connectivity index (χ4n) is 2.27. The SMILES string of the molecule is COCCC(C)(O)CNC(=O)C1(N)CCCCC1. The predicted octanol–water partition coefficient (Wildman–Crippen LogP) is 0.552. The van der Waals surface area contributed by atoms with Crippen LogP contribution in [0.5, 0.6) is 0 Å². The Morgan fingerprint density at radius 3 is 2.61 bits per heavy atom. The van der Waals surface area contributed by atoms with Gasteiger partial charge in [0.25, 0.3) is 0 Å². The van der Waals surface area contributed by atoms with Crippen LogP contribution in [0.4, 0.5) is 0 Å². The maximum atomic E-state index is 12.1. The zero-order valence-corrected chi connectivity index (χ0v) is 11.5. The molecule has 1 unspecified atom stereocenters. The van der Waals surface area contributed by atoms with Crippen LogP contribution < -0.4 is 11.1 Å². The van der Waals surface area contributed by atoms with Gasteiger partial charge < -0.3 is 20.9 Å². The highest BCUT2D eigenvalue weighted by Crippen LogP contribution is 2.26. The molecule has 1 fully saturated rings. The molecule has 4 N–H and O–H groups in total. The standard InChI is InChI=1S/C13H26N2O3/c1-12(17,8-9-18-2)10-15-11(16)13(14)6-4-3-5-7-13/h17H,3-10,14H2,1-2H3,(H,15,16). The lowest BCUT2D eigenvalue weighted by atomic mass is 9.82. The first-order chi connectivity index (χ1) is 8.40. The molecular formula is C13H26N2O3. The van der Waals surface area contributed by atoms with Crippen molar-refractivity contribution in [1.82, 2.24) is 5.32 Å². The van der Waals surface area contributed by atoms with Gasteiger partial charge in [-0.15, -0.1) is 0 Å². The number of carbonyl (C=O) groups is 1. The molecule has 0 aromatic carbocycles. The van der Waals surface area contributed by atoms with E-state index < -0.39 is 11.1 Å². The van der Waals surface area contributed by atoms with Gasteiger partial charge in [0, 0.05) is 26.7 Å². The molecule has 5 nitrogen and oxygen atoms in total. The van der Waals surface area contributed by atoms with E-state index >= 15 is 0 Å². The number of hydrogen-bond donors (Lipinski definition) is 3. The lowest BCUT2D eigenvalue weighted by Crippen LogP contribution is -2.57. The summed E-state index contributed by atoms with van der Waals surface area (Å²) in [7, 11) is 1.59. The first kappa shape index (κ1) is 15.4. The number of nitrogens with one attached hydrogen (secondary N) is 1. The van der Waals surface area contributed by atoms with Gasteiger partial charge >= 0.3 is 0 Å². The summed E-state index contributed by atoms with van der Waals surface area (Å²) in [5.74, 6) is -0.139.